The highest BCUT2D eigenvalue weighted by Crippen LogP contribution is 2.18. The van der Waals surface area contributed by atoms with Gasteiger partial charge in [0.2, 0.25) is 0 Å². The molecule has 0 atom stereocenters. The van der Waals surface area contributed by atoms with Crippen LogP contribution in [-0.2, 0) is 4.79 Å². The van der Waals surface area contributed by atoms with E-state index in [1.165, 1.54) is 6.08 Å². The molecule has 0 fully saturated rings. The molecule has 1 aromatic carbocycles. The van der Waals surface area contributed by atoms with Crippen LogP contribution in [0.3, 0.4) is 0 Å². The Morgan fingerprint density at radius 3 is 2.82 bits per heavy atom. The fourth-order valence-corrected chi connectivity index (χ4v) is 1.56. The van der Waals surface area contributed by atoms with E-state index in [9.17, 15) is 4.79 Å². The number of carbonyl (C=O) groups excluding carboxylic acids is 1. The van der Waals surface area contributed by atoms with Crippen molar-refractivity contribution < 1.29 is 4.79 Å². The van der Waals surface area contributed by atoms with E-state index in [0.29, 0.717) is 0 Å². The van der Waals surface area contributed by atoms with Crippen LogP contribution < -0.4 is 5.73 Å². The van der Waals surface area contributed by atoms with E-state index in [4.69, 9.17) is 11.0 Å². The molecular formula is C13H9N3O. The second-order valence-corrected chi connectivity index (χ2v) is 3.45. The molecule has 0 unspecified atom stereocenters. The lowest BCUT2D eigenvalue weighted by atomic mass is 10.1. The zero-order chi connectivity index (χ0) is 12.3. The van der Waals surface area contributed by atoms with Crippen molar-refractivity contribution in [2.45, 2.75) is 0 Å². The predicted octanol–water partition coefficient (Wildman–Crippen LogP) is 1.63. The lowest BCUT2D eigenvalue weighted by Gasteiger charge is -2.01. The van der Waals surface area contributed by atoms with Gasteiger partial charge in [0.05, 0.1) is 5.52 Å². The number of amides is 1. The van der Waals surface area contributed by atoms with Gasteiger partial charge in [-0.15, -0.1) is 0 Å². The van der Waals surface area contributed by atoms with Gasteiger partial charge in [0, 0.05) is 11.6 Å². The van der Waals surface area contributed by atoms with Gasteiger partial charge >= 0.3 is 0 Å². The topological polar surface area (TPSA) is 79.8 Å². The maximum atomic E-state index is 11.0. The maximum Gasteiger partial charge on any atom is 0.259 e. The summed E-state index contributed by atoms with van der Waals surface area (Å²) in [4.78, 5) is 15.2. The summed E-state index contributed by atoms with van der Waals surface area (Å²) < 4.78 is 0. The lowest BCUT2D eigenvalue weighted by molar-refractivity contribution is -0.114. The second kappa shape index (κ2) is 4.45. The first-order chi connectivity index (χ1) is 8.22. The first-order valence-electron chi connectivity index (χ1n) is 4.97. The van der Waals surface area contributed by atoms with Crippen molar-refractivity contribution in [2.24, 2.45) is 5.73 Å². The number of nitriles is 1. The molecule has 2 N–H and O–H groups in total. The fourth-order valence-electron chi connectivity index (χ4n) is 1.56. The van der Waals surface area contributed by atoms with Crippen LogP contribution in [0.15, 0.2) is 42.1 Å². The molecule has 0 saturated heterocycles. The lowest BCUT2D eigenvalue weighted by Crippen LogP contribution is -2.12. The highest BCUT2D eigenvalue weighted by Gasteiger charge is 2.05. The Hall–Kier alpha value is -2.67. The van der Waals surface area contributed by atoms with Crippen LogP contribution >= 0.6 is 0 Å². The number of aromatic nitrogens is 1. The first kappa shape index (κ1) is 10.8. The third kappa shape index (κ3) is 2.13. The van der Waals surface area contributed by atoms with E-state index in [-0.39, 0.29) is 5.57 Å². The van der Waals surface area contributed by atoms with E-state index in [1.807, 2.05) is 24.3 Å². The smallest absolute Gasteiger partial charge is 0.259 e. The van der Waals surface area contributed by atoms with E-state index >= 15 is 0 Å². The molecule has 0 bridgehead atoms. The molecule has 0 radical (unpaired) electrons. The van der Waals surface area contributed by atoms with Crippen molar-refractivity contribution in [2.75, 3.05) is 0 Å². The minimum absolute atomic E-state index is 0.0682. The second-order valence-electron chi connectivity index (χ2n) is 3.45. The maximum absolute atomic E-state index is 11.0. The van der Waals surface area contributed by atoms with Gasteiger partial charge in [0.1, 0.15) is 11.6 Å². The number of nitrogens with zero attached hydrogens (tertiary/aromatic N) is 2. The van der Waals surface area contributed by atoms with Crippen molar-refractivity contribution in [3.05, 3.63) is 47.7 Å². The number of para-hydroxylation sites is 1. The summed E-state index contributed by atoms with van der Waals surface area (Å²) in [5, 5.41) is 9.67. The van der Waals surface area contributed by atoms with Crippen LogP contribution in [-0.4, -0.2) is 10.9 Å². The molecule has 0 saturated carbocycles. The average Bonchev–Trinajstić information content (AvgIpc) is 2.35. The molecule has 17 heavy (non-hydrogen) atoms. The van der Waals surface area contributed by atoms with Gasteiger partial charge < -0.3 is 5.73 Å². The highest BCUT2D eigenvalue weighted by atomic mass is 16.1. The van der Waals surface area contributed by atoms with Gasteiger partial charge in [-0.3, -0.25) is 9.78 Å². The van der Waals surface area contributed by atoms with E-state index in [1.54, 1.807) is 18.3 Å². The molecule has 0 aliphatic heterocycles. The Balaban J connectivity index is 2.65. The zero-order valence-electron chi connectivity index (χ0n) is 8.92. The van der Waals surface area contributed by atoms with Crippen molar-refractivity contribution in [3.8, 4) is 6.07 Å². The fraction of sp³-hybridized carbons (Fsp3) is 0. The Bertz CT molecular complexity index is 648. The number of carbonyl (C=O) groups is 1. The van der Waals surface area contributed by atoms with Crippen LogP contribution in [0.4, 0.5) is 0 Å². The summed E-state index contributed by atoms with van der Waals surface area (Å²) in [6.07, 6.45) is 3.11. The number of hydrogen-bond donors (Lipinski definition) is 1. The predicted molar refractivity (Wildman–Crippen MR) is 64.5 cm³/mol. The minimum Gasteiger partial charge on any atom is -0.365 e. The SMILES string of the molecule is N#C/C(=C/c1ccnc2ccccc12)C(N)=O. The molecule has 4 nitrogen and oxygen atoms in total. The summed E-state index contributed by atoms with van der Waals surface area (Å²) in [6.45, 7) is 0. The van der Waals surface area contributed by atoms with Gasteiger partial charge in [0.25, 0.3) is 5.91 Å². The van der Waals surface area contributed by atoms with Crippen molar-refractivity contribution in [1.29, 1.82) is 5.26 Å². The molecule has 2 rings (SSSR count). The standard InChI is InChI=1S/C13H9N3O/c14-8-10(13(15)17)7-9-5-6-16-12-4-2-1-3-11(9)12/h1-7H,(H2,15,17)/b10-7-. The third-order valence-corrected chi connectivity index (χ3v) is 2.37. The molecule has 4 heteroatoms. The first-order valence-corrected chi connectivity index (χ1v) is 4.97. The summed E-state index contributed by atoms with van der Waals surface area (Å²) in [6, 6.07) is 11.0. The number of pyridine rings is 1. The van der Waals surface area contributed by atoms with Gasteiger partial charge in [-0.1, -0.05) is 18.2 Å². The monoisotopic (exact) mass is 223 g/mol. The number of hydrogen-bond acceptors (Lipinski definition) is 3. The van der Waals surface area contributed by atoms with Gasteiger partial charge in [-0.2, -0.15) is 5.26 Å². The Kier molecular flexibility index (Phi) is 2.84. The minimum atomic E-state index is -0.728. The summed E-state index contributed by atoms with van der Waals surface area (Å²) >= 11 is 0. The van der Waals surface area contributed by atoms with Crippen LogP contribution in [0.1, 0.15) is 5.56 Å². The summed E-state index contributed by atoms with van der Waals surface area (Å²) in [5.41, 5.74) is 6.59. The number of benzene rings is 1. The van der Waals surface area contributed by atoms with Gasteiger partial charge in [-0.05, 0) is 23.8 Å². The number of rotatable bonds is 2. The molecule has 1 aromatic heterocycles. The number of fused-ring (bicyclic) bond motifs is 1. The van der Waals surface area contributed by atoms with Gasteiger partial charge in [-0.25, -0.2) is 0 Å². The van der Waals surface area contributed by atoms with Crippen molar-refractivity contribution in [3.63, 3.8) is 0 Å². The molecule has 1 heterocycles. The number of nitrogens with two attached hydrogens (primary N) is 1. The van der Waals surface area contributed by atoms with E-state index < -0.39 is 5.91 Å². The Labute approximate surface area is 98.0 Å². The quantitative estimate of drug-likeness (QED) is 0.620. The van der Waals surface area contributed by atoms with Crippen LogP contribution in [0, 0.1) is 11.3 Å². The van der Waals surface area contributed by atoms with Gasteiger partial charge in [0.15, 0.2) is 0 Å². The van der Waals surface area contributed by atoms with Crippen molar-refractivity contribution in [1.82, 2.24) is 4.98 Å². The largest absolute Gasteiger partial charge is 0.365 e. The average molecular weight is 223 g/mol. The molecule has 0 spiro atoms. The summed E-state index contributed by atoms with van der Waals surface area (Å²) in [5.74, 6) is -0.728. The molecule has 2 aromatic rings. The highest BCUT2D eigenvalue weighted by molar-refractivity contribution is 6.02. The zero-order valence-corrected chi connectivity index (χ0v) is 8.92. The van der Waals surface area contributed by atoms with Crippen molar-refractivity contribution >= 4 is 22.9 Å². The molecule has 0 aliphatic rings. The van der Waals surface area contributed by atoms with Crippen LogP contribution in [0.2, 0.25) is 0 Å². The van der Waals surface area contributed by atoms with E-state index in [0.717, 1.165) is 16.5 Å². The molecular weight excluding hydrogens is 214 g/mol. The Morgan fingerprint density at radius 1 is 1.35 bits per heavy atom. The van der Waals surface area contributed by atoms with E-state index in [2.05, 4.69) is 4.98 Å². The molecule has 0 aliphatic carbocycles. The van der Waals surface area contributed by atoms with Crippen LogP contribution in [0.25, 0.3) is 17.0 Å². The summed E-state index contributed by atoms with van der Waals surface area (Å²) in [7, 11) is 0. The molecule has 1 amide bonds. The third-order valence-electron chi connectivity index (χ3n) is 2.37. The number of primary amides is 1. The normalized spacial score (nSPS) is 11.1. The molecule has 82 valence electrons. The Morgan fingerprint density at radius 2 is 2.12 bits per heavy atom. The van der Waals surface area contributed by atoms with Crippen LogP contribution in [0.5, 0.6) is 0 Å².